The highest BCUT2D eigenvalue weighted by Crippen LogP contribution is 2.30. The zero-order valence-electron chi connectivity index (χ0n) is 52.0. The topological polar surface area (TPSA) is 295 Å². The van der Waals surface area contributed by atoms with Crippen molar-refractivity contribution in [1.82, 2.24) is 47.2 Å². The van der Waals surface area contributed by atoms with Crippen LogP contribution in [0.3, 0.4) is 0 Å². The van der Waals surface area contributed by atoms with Gasteiger partial charge < -0.3 is 67.5 Å². The number of anilines is 2. The molecule has 2 aromatic carbocycles. The molecule has 4 rings (SSSR count). The molecule has 4 aromatic rings. The maximum atomic E-state index is 12.3. The van der Waals surface area contributed by atoms with E-state index in [9.17, 15) is 45.5 Å². The molecule has 89 heavy (non-hydrogen) atoms. The van der Waals surface area contributed by atoms with E-state index in [0.29, 0.717) is 26.2 Å². The van der Waals surface area contributed by atoms with E-state index in [0.717, 1.165) is 135 Å². The highest BCUT2D eigenvalue weighted by Gasteiger charge is 2.39. The highest BCUT2D eigenvalue weighted by atomic mass is 19.4. The lowest BCUT2D eigenvalue weighted by molar-refractivity contribution is -0.193. The monoisotopic (exact) mass is 1270 g/mol. The molecule has 0 aliphatic heterocycles. The number of nitrogens with one attached hydrogen (secondary N) is 9. The number of alkyl halides is 6. The summed E-state index contributed by atoms with van der Waals surface area (Å²) in [5.74, 6) is -4.30. The van der Waals surface area contributed by atoms with Gasteiger partial charge in [0.15, 0.2) is 0 Å². The standard InChI is InChI=1S/C58H93N11O6.2C2HF3O2/c1-45(68-51-43-49(74-3)41-47-23-17-37-66-57(47)51)21-15-35-62-53(70)25-27-55(72)64-39-19-33-60-30-12-10-8-6-5-7-9-11-29-59-31-13-14-32-61-34-20-40-65-56(73)28-26-54(71)63-36-16-22-46(2)69-52-44-50(75-4)42-48-24-18-38-67-58(48)52;2*3-2(4,5)1(6)7/h17-18,23-24,37-38,41-46,59-61,68-69H,5-16,19-22,25-36,39-40H2,1-4H3,(H,62,70)(H,63,71)(H,64,72)(H,65,73);2*(H,6,7). The molecule has 4 amide bonds. The first-order chi connectivity index (χ1) is 42.5. The Labute approximate surface area is 518 Å². The van der Waals surface area contributed by atoms with Crippen LogP contribution in [0.25, 0.3) is 21.8 Å². The second kappa shape index (κ2) is 45.9. The molecule has 2 atom stereocenters. The van der Waals surface area contributed by atoms with E-state index in [1.54, 1.807) is 26.6 Å². The molecule has 0 fully saturated rings. The van der Waals surface area contributed by atoms with E-state index < -0.39 is 24.3 Å². The molecule has 0 aliphatic rings. The number of ether oxygens (including phenoxy) is 2. The summed E-state index contributed by atoms with van der Waals surface area (Å²) in [6, 6.07) is 16.1. The van der Waals surface area contributed by atoms with Crippen LogP contribution < -0.4 is 57.3 Å². The lowest BCUT2D eigenvalue weighted by Crippen LogP contribution is -2.30. The lowest BCUT2D eigenvalue weighted by atomic mass is 10.1. The average molecular weight is 1270 g/mol. The molecule has 27 heteroatoms. The van der Waals surface area contributed by atoms with Gasteiger partial charge in [0.1, 0.15) is 11.5 Å². The van der Waals surface area contributed by atoms with Crippen LogP contribution in [0, 0.1) is 0 Å². The Morgan fingerprint density at radius 2 is 0.719 bits per heavy atom. The first-order valence-corrected chi connectivity index (χ1v) is 30.7. The number of halogens is 6. The van der Waals surface area contributed by atoms with Gasteiger partial charge in [0, 0.05) is 99.2 Å². The largest absolute Gasteiger partial charge is 0.497 e. The summed E-state index contributed by atoms with van der Waals surface area (Å²) in [5, 5.41) is 45.7. The van der Waals surface area contributed by atoms with E-state index in [1.807, 2.05) is 48.5 Å². The SMILES string of the molecule is COc1cc(NC(C)CCCNC(=O)CCC(=O)NCCCNCCCCCCCCCCNCCCCNCCCNC(=O)CCC(=O)NCCCC(C)Nc2cc(OC)cc3cccnc23)c2ncccc2c1.O=C(O)C(F)(F)F.O=C(O)C(F)(F)F. The van der Waals surface area contributed by atoms with Crippen LogP contribution in [-0.2, 0) is 28.8 Å². The van der Waals surface area contributed by atoms with Crippen molar-refractivity contribution in [2.75, 3.05) is 90.3 Å². The number of pyridine rings is 2. The van der Waals surface area contributed by atoms with Crippen molar-refractivity contribution in [2.24, 2.45) is 0 Å². The molecular weight excluding hydrogens is 1170 g/mol. The zero-order valence-corrected chi connectivity index (χ0v) is 52.0. The van der Waals surface area contributed by atoms with Gasteiger partial charge in [0.2, 0.25) is 23.6 Å². The first-order valence-electron chi connectivity index (χ1n) is 30.7. The first kappa shape index (κ1) is 77.8. The molecule has 0 aliphatic carbocycles. The number of nitrogens with zero attached hydrogens (tertiary/aromatic N) is 2. The molecule has 2 heterocycles. The quantitative estimate of drug-likeness (QED) is 0.0145. The summed E-state index contributed by atoms with van der Waals surface area (Å²) in [5.41, 5.74) is 3.67. The van der Waals surface area contributed by atoms with E-state index >= 15 is 0 Å². The number of fused-ring (bicyclic) bond motifs is 2. The van der Waals surface area contributed by atoms with E-state index in [-0.39, 0.29) is 61.4 Å². The van der Waals surface area contributed by atoms with Crippen LogP contribution in [-0.4, -0.2) is 160 Å². The van der Waals surface area contributed by atoms with Crippen LogP contribution in [0.1, 0.15) is 142 Å². The Hall–Kier alpha value is -7.26. The van der Waals surface area contributed by atoms with E-state index in [1.165, 1.54) is 51.4 Å². The molecule has 2 aromatic heterocycles. The van der Waals surface area contributed by atoms with Gasteiger partial charge in [-0.3, -0.25) is 29.1 Å². The zero-order chi connectivity index (χ0) is 65.7. The van der Waals surface area contributed by atoms with Crippen LogP contribution in [0.15, 0.2) is 60.9 Å². The summed E-state index contributed by atoms with van der Waals surface area (Å²) in [7, 11) is 3.32. The number of carboxylic acid groups (broad SMARTS) is 2. The third kappa shape index (κ3) is 38.0. The fraction of sp³-hybridized carbons (Fsp3) is 0.613. The van der Waals surface area contributed by atoms with E-state index in [4.69, 9.17) is 29.3 Å². The smallest absolute Gasteiger partial charge is 0.490 e. The normalized spacial score (nSPS) is 11.9. The number of rotatable bonds is 44. The number of hydrogen-bond donors (Lipinski definition) is 11. The van der Waals surface area contributed by atoms with Gasteiger partial charge in [0.25, 0.3) is 0 Å². The summed E-state index contributed by atoms with van der Waals surface area (Å²) < 4.78 is 74.4. The van der Waals surface area contributed by atoms with Crippen LogP contribution >= 0.6 is 0 Å². The third-order valence-electron chi connectivity index (χ3n) is 13.7. The Bertz CT molecular complexity index is 2500. The molecule has 0 radical (unpaired) electrons. The van der Waals surface area contributed by atoms with Crippen molar-refractivity contribution < 1.29 is 74.8 Å². The molecular formula is C62H95F6N11O10. The average Bonchev–Trinajstić information content (AvgIpc) is 2.26. The fourth-order valence-corrected chi connectivity index (χ4v) is 8.86. The number of unbranched alkanes of at least 4 members (excludes halogenated alkanes) is 8. The number of hydrogen-bond acceptors (Lipinski definition) is 15. The van der Waals surface area contributed by atoms with Gasteiger partial charge in [-0.2, -0.15) is 26.3 Å². The molecule has 500 valence electrons. The minimum Gasteiger partial charge on any atom is -0.497 e. The number of benzene rings is 2. The number of amides is 4. The van der Waals surface area contributed by atoms with Gasteiger partial charge in [-0.05, 0) is 142 Å². The number of carbonyl (C=O) groups is 6. The van der Waals surface area contributed by atoms with Crippen molar-refractivity contribution in [3.8, 4) is 11.5 Å². The molecule has 11 N–H and O–H groups in total. The third-order valence-corrected chi connectivity index (χ3v) is 13.7. The van der Waals surface area contributed by atoms with Crippen molar-refractivity contribution in [3.63, 3.8) is 0 Å². The van der Waals surface area contributed by atoms with Gasteiger partial charge in [0.05, 0.1) is 36.6 Å². The number of carboxylic acids is 2. The second-order valence-corrected chi connectivity index (χ2v) is 21.4. The summed E-state index contributed by atoms with van der Waals surface area (Å²) in [6.45, 7) is 12.5. The van der Waals surface area contributed by atoms with Crippen LogP contribution in [0.2, 0.25) is 0 Å². The van der Waals surface area contributed by atoms with Crippen molar-refractivity contribution in [2.45, 2.75) is 167 Å². The van der Waals surface area contributed by atoms with E-state index in [2.05, 4.69) is 71.7 Å². The number of aromatic nitrogens is 2. The second-order valence-electron chi connectivity index (χ2n) is 21.4. The van der Waals surface area contributed by atoms with Gasteiger partial charge >= 0.3 is 24.3 Å². The Kier molecular flexibility index (Phi) is 40.2. The molecule has 0 spiro atoms. The fourth-order valence-electron chi connectivity index (χ4n) is 8.86. The van der Waals surface area contributed by atoms with Crippen molar-refractivity contribution in [1.29, 1.82) is 0 Å². The van der Waals surface area contributed by atoms with Crippen molar-refractivity contribution in [3.05, 3.63) is 60.9 Å². The highest BCUT2D eigenvalue weighted by molar-refractivity contribution is 5.93. The lowest BCUT2D eigenvalue weighted by Gasteiger charge is -2.17. The maximum Gasteiger partial charge on any atom is 0.490 e. The predicted octanol–water partition coefficient (Wildman–Crippen LogP) is 9.40. The molecule has 0 saturated carbocycles. The van der Waals surface area contributed by atoms with Crippen LogP contribution in [0.4, 0.5) is 37.7 Å². The van der Waals surface area contributed by atoms with Gasteiger partial charge in [-0.1, -0.05) is 50.7 Å². The molecule has 2 unspecified atom stereocenters. The minimum absolute atomic E-state index is 0.0775. The Balaban J connectivity index is 0.00000172. The number of carbonyl (C=O) groups excluding carboxylic acids is 4. The van der Waals surface area contributed by atoms with Crippen LogP contribution in [0.5, 0.6) is 11.5 Å². The molecule has 0 bridgehead atoms. The Morgan fingerprint density at radius 1 is 0.438 bits per heavy atom. The van der Waals surface area contributed by atoms with Gasteiger partial charge in [-0.25, -0.2) is 9.59 Å². The minimum atomic E-state index is -5.08. The van der Waals surface area contributed by atoms with Crippen molar-refractivity contribution >= 4 is 68.7 Å². The number of methoxy groups -OCH3 is 2. The summed E-state index contributed by atoms with van der Waals surface area (Å²) >= 11 is 0. The number of aliphatic carboxylic acids is 2. The molecule has 0 saturated heterocycles. The summed E-state index contributed by atoms with van der Waals surface area (Å²) in [4.78, 5) is 76.0. The summed E-state index contributed by atoms with van der Waals surface area (Å²) in [6.07, 6.45) is 11.8. The predicted molar refractivity (Wildman–Crippen MR) is 333 cm³/mol. The van der Waals surface area contributed by atoms with Gasteiger partial charge in [-0.15, -0.1) is 0 Å². The maximum absolute atomic E-state index is 12.3. The molecule has 21 nitrogen and oxygen atoms in total. The Morgan fingerprint density at radius 3 is 1.02 bits per heavy atom.